The van der Waals surface area contributed by atoms with Crippen LogP contribution in [0.1, 0.15) is 12.1 Å². The molecule has 0 aliphatic carbocycles. The number of alkyl halides is 2. The van der Waals surface area contributed by atoms with Crippen LogP contribution >= 0.6 is 0 Å². The van der Waals surface area contributed by atoms with E-state index >= 15 is 0 Å². The van der Waals surface area contributed by atoms with Crippen LogP contribution in [0, 0.1) is 0 Å². The molecule has 0 unspecified atom stereocenters. The zero-order valence-corrected chi connectivity index (χ0v) is 7.48. The summed E-state index contributed by atoms with van der Waals surface area (Å²) in [6.45, 7) is 0. The molecule has 15 heavy (non-hydrogen) atoms. The number of H-pyrrole nitrogens is 1. The molecule has 0 saturated heterocycles. The van der Waals surface area contributed by atoms with Crippen molar-refractivity contribution in [2.24, 2.45) is 0 Å². The van der Waals surface area contributed by atoms with Gasteiger partial charge in [-0.1, -0.05) is 18.2 Å². The van der Waals surface area contributed by atoms with Crippen molar-refractivity contribution in [3.63, 3.8) is 0 Å². The highest BCUT2D eigenvalue weighted by atomic mass is 19.3. The monoisotopic (exact) mass is 213 g/mol. The van der Waals surface area contributed by atoms with Crippen LogP contribution in [0.15, 0.2) is 39.6 Å². The Morgan fingerprint density at radius 2 is 1.93 bits per heavy atom. The fourth-order valence-electron chi connectivity index (χ4n) is 1.24. The molecule has 1 N–H and O–H groups in total. The fourth-order valence-corrected chi connectivity index (χ4v) is 1.24. The molecule has 0 saturated carbocycles. The first-order chi connectivity index (χ1) is 7.20. The maximum absolute atomic E-state index is 12.5. The third-order valence-corrected chi connectivity index (χ3v) is 1.90. The molecule has 1 aromatic heterocycles. The lowest BCUT2D eigenvalue weighted by Crippen LogP contribution is -2.38. The number of aromatic amines is 1. The molecule has 4 nitrogen and oxygen atoms in total. The van der Waals surface area contributed by atoms with E-state index in [-0.39, 0.29) is 0 Å². The van der Waals surface area contributed by atoms with Gasteiger partial charge in [0.2, 0.25) is 5.69 Å². The highest BCUT2D eigenvalue weighted by Gasteiger charge is 2.31. The lowest BCUT2D eigenvalue weighted by molar-refractivity contribution is -0.681. The van der Waals surface area contributed by atoms with E-state index in [1.807, 2.05) is 0 Å². The van der Waals surface area contributed by atoms with Gasteiger partial charge < -0.3 is 0 Å². The Bertz CT molecular complexity index is 504. The minimum Gasteiger partial charge on any atom is -0.282 e. The van der Waals surface area contributed by atoms with E-state index in [1.54, 1.807) is 30.3 Å². The maximum Gasteiger partial charge on any atom is 0.436 e. The van der Waals surface area contributed by atoms with Gasteiger partial charge in [-0.15, -0.1) is 0 Å². The third-order valence-electron chi connectivity index (χ3n) is 1.90. The van der Waals surface area contributed by atoms with E-state index in [1.165, 1.54) is 0 Å². The average molecular weight is 213 g/mol. The Balaban J connectivity index is 2.59. The van der Waals surface area contributed by atoms with Crippen molar-refractivity contribution in [1.82, 2.24) is 5.27 Å². The first kappa shape index (κ1) is 9.57. The molecular formula is C9H7F2N2O2+. The predicted molar refractivity (Wildman–Crippen MR) is 45.8 cm³/mol. The summed E-state index contributed by atoms with van der Waals surface area (Å²) in [5.41, 5.74) is -1.35. The van der Waals surface area contributed by atoms with Gasteiger partial charge >= 0.3 is 17.7 Å². The van der Waals surface area contributed by atoms with Gasteiger partial charge in [0.15, 0.2) is 0 Å². The standard InChI is InChI=1S/C9H6F2N2O2/c10-8(11)7-9(14)15-12-13(7)6-4-2-1-3-5-6/h1-5,8H/p+1. The number of hydrogen-bond donors (Lipinski definition) is 1. The lowest BCUT2D eigenvalue weighted by Gasteiger charge is -1.91. The van der Waals surface area contributed by atoms with Gasteiger partial charge in [-0.05, 0) is 9.95 Å². The molecule has 0 spiro atoms. The Kier molecular flexibility index (Phi) is 2.32. The van der Waals surface area contributed by atoms with E-state index in [9.17, 15) is 13.6 Å². The first-order valence-corrected chi connectivity index (χ1v) is 4.17. The highest BCUT2D eigenvalue weighted by Crippen LogP contribution is 2.11. The molecule has 1 heterocycles. The van der Waals surface area contributed by atoms with E-state index < -0.39 is 17.7 Å². The second-order valence-corrected chi connectivity index (χ2v) is 2.84. The number of aromatic nitrogens is 2. The average Bonchev–Trinajstić information content (AvgIpc) is 2.61. The van der Waals surface area contributed by atoms with E-state index in [0.717, 1.165) is 4.68 Å². The van der Waals surface area contributed by atoms with Gasteiger partial charge in [0, 0.05) is 12.1 Å². The normalized spacial score (nSPS) is 10.9. The van der Waals surface area contributed by atoms with Gasteiger partial charge in [-0.2, -0.15) is 8.78 Å². The van der Waals surface area contributed by atoms with Gasteiger partial charge in [0.1, 0.15) is 0 Å². The van der Waals surface area contributed by atoms with Crippen molar-refractivity contribution >= 4 is 0 Å². The Morgan fingerprint density at radius 3 is 2.53 bits per heavy atom. The third kappa shape index (κ3) is 1.65. The van der Waals surface area contributed by atoms with Crippen molar-refractivity contribution < 1.29 is 18.0 Å². The van der Waals surface area contributed by atoms with E-state index in [2.05, 4.69) is 9.79 Å². The highest BCUT2D eigenvalue weighted by molar-refractivity contribution is 5.21. The number of benzene rings is 1. The van der Waals surface area contributed by atoms with Crippen molar-refractivity contribution in [3.05, 3.63) is 46.4 Å². The van der Waals surface area contributed by atoms with Crippen LogP contribution < -0.4 is 10.3 Å². The quantitative estimate of drug-likeness (QED) is 0.761. The topological polar surface area (TPSA) is 49.9 Å². The summed E-state index contributed by atoms with van der Waals surface area (Å²) in [5, 5.41) is 2.12. The van der Waals surface area contributed by atoms with Gasteiger partial charge in [-0.25, -0.2) is 4.79 Å². The second kappa shape index (κ2) is 3.64. The molecule has 0 atom stereocenters. The molecule has 2 rings (SSSR count). The molecule has 1 aromatic carbocycles. The number of rotatable bonds is 2. The van der Waals surface area contributed by atoms with Crippen LogP contribution in [0.3, 0.4) is 0 Å². The smallest absolute Gasteiger partial charge is 0.282 e. The fraction of sp³-hybridized carbons (Fsp3) is 0.111. The van der Waals surface area contributed by atoms with Crippen molar-refractivity contribution in [2.75, 3.05) is 0 Å². The maximum atomic E-state index is 12.5. The van der Waals surface area contributed by atoms with Crippen LogP contribution in [0.5, 0.6) is 0 Å². The summed E-state index contributed by atoms with van der Waals surface area (Å²) < 4.78 is 30.3. The molecular weight excluding hydrogens is 206 g/mol. The summed E-state index contributed by atoms with van der Waals surface area (Å²) in [6, 6.07) is 8.24. The minimum absolute atomic E-state index is 0.415. The minimum atomic E-state index is -2.88. The largest absolute Gasteiger partial charge is 0.436 e. The van der Waals surface area contributed by atoms with Crippen molar-refractivity contribution in [1.29, 1.82) is 0 Å². The van der Waals surface area contributed by atoms with Crippen molar-refractivity contribution in [2.45, 2.75) is 6.43 Å². The zero-order valence-electron chi connectivity index (χ0n) is 7.48. The zero-order chi connectivity index (χ0) is 10.8. The van der Waals surface area contributed by atoms with Crippen molar-refractivity contribution in [3.8, 4) is 5.69 Å². The molecule has 0 aliphatic rings. The Hall–Kier alpha value is -1.98. The van der Waals surface area contributed by atoms with Crippen LogP contribution in [0.25, 0.3) is 5.69 Å². The second-order valence-electron chi connectivity index (χ2n) is 2.84. The van der Waals surface area contributed by atoms with Crippen LogP contribution in [0.4, 0.5) is 8.78 Å². The van der Waals surface area contributed by atoms with Gasteiger partial charge in [0.25, 0.3) is 0 Å². The molecule has 0 bridgehead atoms. The SMILES string of the molecule is O=c1o[nH][n+](-c2ccccc2)c1C(F)F. The van der Waals surface area contributed by atoms with Gasteiger partial charge in [-0.3, -0.25) is 4.52 Å². The predicted octanol–water partition coefficient (Wildman–Crippen LogP) is 1.18. The molecule has 78 valence electrons. The van der Waals surface area contributed by atoms with E-state index in [0.29, 0.717) is 5.69 Å². The summed E-state index contributed by atoms with van der Waals surface area (Å²) in [7, 11) is 0. The van der Waals surface area contributed by atoms with Crippen LogP contribution in [-0.2, 0) is 0 Å². The van der Waals surface area contributed by atoms with Crippen LogP contribution in [-0.4, -0.2) is 5.27 Å². The molecule has 0 aliphatic heterocycles. The Labute approximate surface area is 82.7 Å². The summed E-state index contributed by atoms with van der Waals surface area (Å²) >= 11 is 0. The molecule has 0 radical (unpaired) electrons. The molecule has 2 aromatic rings. The summed E-state index contributed by atoms with van der Waals surface area (Å²) in [4.78, 5) is 11.0. The lowest BCUT2D eigenvalue weighted by atomic mass is 10.3. The number of nitrogens with one attached hydrogen (secondary N) is 1. The molecule has 0 fully saturated rings. The number of para-hydroxylation sites is 1. The number of nitrogens with zero attached hydrogens (tertiary/aromatic N) is 1. The molecule has 6 heteroatoms. The molecule has 0 amide bonds. The number of hydrogen-bond acceptors (Lipinski definition) is 2. The number of halogens is 2. The first-order valence-electron chi connectivity index (χ1n) is 4.17. The summed E-state index contributed by atoms with van der Waals surface area (Å²) in [6.07, 6.45) is -2.88. The summed E-state index contributed by atoms with van der Waals surface area (Å²) in [5.74, 6) is 0. The van der Waals surface area contributed by atoms with Crippen LogP contribution in [0.2, 0.25) is 0 Å². The Morgan fingerprint density at radius 1 is 1.27 bits per heavy atom. The van der Waals surface area contributed by atoms with E-state index in [4.69, 9.17) is 0 Å². The van der Waals surface area contributed by atoms with Gasteiger partial charge in [0.05, 0.1) is 0 Å².